The summed E-state index contributed by atoms with van der Waals surface area (Å²) in [4.78, 5) is 11.9. The fourth-order valence-electron chi connectivity index (χ4n) is 2.41. The molecule has 0 saturated heterocycles. The number of benzene rings is 1. The number of hydrogen-bond acceptors (Lipinski definition) is 3. The predicted octanol–water partition coefficient (Wildman–Crippen LogP) is 1.40. The van der Waals surface area contributed by atoms with E-state index in [1.54, 1.807) is 0 Å². The van der Waals surface area contributed by atoms with Gasteiger partial charge < -0.3 is 15.7 Å². The second kappa shape index (κ2) is 7.74. The van der Waals surface area contributed by atoms with Crippen LogP contribution in [-0.2, 0) is 16.6 Å². The fourth-order valence-corrected chi connectivity index (χ4v) is 3.44. The summed E-state index contributed by atoms with van der Waals surface area (Å²) in [6.07, 6.45) is 2.08. The standard InChI is InChI=1S/C16H24N2O3S/c1-16(12-19,14-7-8-14)18-15(20)17-9-10-22(21)11-13-5-3-2-4-6-13/h2-6,14,19H,7-12H2,1H3,(H2,17,18,20). The first-order valence-corrected chi connectivity index (χ1v) is 9.08. The summed E-state index contributed by atoms with van der Waals surface area (Å²) in [7, 11) is -1.00. The zero-order valence-electron chi connectivity index (χ0n) is 12.9. The molecule has 0 heterocycles. The Kier molecular flexibility index (Phi) is 5.97. The molecular weight excluding hydrogens is 300 g/mol. The smallest absolute Gasteiger partial charge is 0.315 e. The summed E-state index contributed by atoms with van der Waals surface area (Å²) in [5.41, 5.74) is 0.486. The van der Waals surface area contributed by atoms with E-state index in [2.05, 4.69) is 10.6 Å². The number of carbonyl (C=O) groups excluding carboxylic acids is 1. The molecule has 0 radical (unpaired) electrons. The van der Waals surface area contributed by atoms with Crippen molar-refractivity contribution in [1.29, 1.82) is 0 Å². The van der Waals surface area contributed by atoms with Gasteiger partial charge in [-0.05, 0) is 31.2 Å². The van der Waals surface area contributed by atoms with Gasteiger partial charge in [-0.1, -0.05) is 30.3 Å². The molecule has 1 aliphatic carbocycles. The van der Waals surface area contributed by atoms with Crippen molar-refractivity contribution in [3.63, 3.8) is 0 Å². The van der Waals surface area contributed by atoms with Crippen molar-refractivity contribution in [1.82, 2.24) is 10.6 Å². The zero-order valence-corrected chi connectivity index (χ0v) is 13.7. The molecule has 1 aromatic carbocycles. The third-order valence-electron chi connectivity index (χ3n) is 3.99. The molecule has 2 atom stereocenters. The summed E-state index contributed by atoms with van der Waals surface area (Å²) >= 11 is 0. The molecule has 5 nitrogen and oxygen atoms in total. The highest BCUT2D eigenvalue weighted by Crippen LogP contribution is 2.39. The summed E-state index contributed by atoms with van der Waals surface area (Å²) in [6.45, 7) is 2.15. The number of urea groups is 1. The van der Waals surface area contributed by atoms with Crippen LogP contribution in [-0.4, -0.2) is 39.8 Å². The maximum atomic E-state index is 12.0. The molecule has 3 N–H and O–H groups in total. The van der Waals surface area contributed by atoms with Crippen molar-refractivity contribution >= 4 is 16.8 Å². The minimum atomic E-state index is -1.00. The van der Waals surface area contributed by atoms with Crippen molar-refractivity contribution in [3.8, 4) is 0 Å². The molecule has 22 heavy (non-hydrogen) atoms. The summed E-state index contributed by atoms with van der Waals surface area (Å²) in [5, 5.41) is 15.0. The molecule has 1 fully saturated rings. The van der Waals surface area contributed by atoms with Crippen LogP contribution in [0.3, 0.4) is 0 Å². The minimum Gasteiger partial charge on any atom is -0.394 e. The van der Waals surface area contributed by atoms with Gasteiger partial charge in [0.2, 0.25) is 0 Å². The lowest BCUT2D eigenvalue weighted by Crippen LogP contribution is -2.54. The van der Waals surface area contributed by atoms with Crippen LogP contribution in [0, 0.1) is 5.92 Å². The molecule has 2 unspecified atom stereocenters. The van der Waals surface area contributed by atoms with Crippen LogP contribution >= 0.6 is 0 Å². The van der Waals surface area contributed by atoms with E-state index in [1.807, 2.05) is 37.3 Å². The van der Waals surface area contributed by atoms with Gasteiger partial charge in [-0.2, -0.15) is 0 Å². The van der Waals surface area contributed by atoms with Crippen LogP contribution in [0.4, 0.5) is 4.79 Å². The van der Waals surface area contributed by atoms with Gasteiger partial charge in [0.25, 0.3) is 0 Å². The highest BCUT2D eigenvalue weighted by molar-refractivity contribution is 7.84. The summed E-state index contributed by atoms with van der Waals surface area (Å²) in [6, 6.07) is 9.36. The van der Waals surface area contributed by atoms with Gasteiger partial charge in [0.1, 0.15) is 0 Å². The van der Waals surface area contributed by atoms with Gasteiger partial charge in [0, 0.05) is 28.9 Å². The second-order valence-corrected chi connectivity index (χ2v) is 7.58. The first-order valence-electron chi connectivity index (χ1n) is 7.59. The molecule has 0 bridgehead atoms. The van der Waals surface area contributed by atoms with E-state index in [1.165, 1.54) is 0 Å². The Balaban J connectivity index is 1.67. The SMILES string of the molecule is CC(CO)(NC(=O)NCCS(=O)Cc1ccccc1)C1CC1. The Morgan fingerprint density at radius 2 is 2.05 bits per heavy atom. The Labute approximate surface area is 134 Å². The van der Waals surface area contributed by atoms with Crippen LogP contribution < -0.4 is 10.6 Å². The van der Waals surface area contributed by atoms with E-state index in [0.717, 1.165) is 18.4 Å². The largest absolute Gasteiger partial charge is 0.394 e. The quantitative estimate of drug-likeness (QED) is 0.676. The van der Waals surface area contributed by atoms with Crippen molar-refractivity contribution in [2.45, 2.75) is 31.1 Å². The lowest BCUT2D eigenvalue weighted by atomic mass is 9.97. The highest BCUT2D eigenvalue weighted by Gasteiger charge is 2.42. The topological polar surface area (TPSA) is 78.4 Å². The van der Waals surface area contributed by atoms with Crippen LogP contribution in [0.25, 0.3) is 0 Å². The molecule has 1 saturated carbocycles. The second-order valence-electron chi connectivity index (χ2n) is 6.00. The Morgan fingerprint density at radius 1 is 1.36 bits per heavy atom. The van der Waals surface area contributed by atoms with Gasteiger partial charge in [0.05, 0.1) is 12.1 Å². The van der Waals surface area contributed by atoms with E-state index < -0.39 is 16.3 Å². The summed E-state index contributed by atoms with van der Waals surface area (Å²) < 4.78 is 12.0. The molecule has 2 rings (SSSR count). The third-order valence-corrected chi connectivity index (χ3v) is 5.31. The molecule has 122 valence electrons. The van der Waals surface area contributed by atoms with Crippen molar-refractivity contribution < 1.29 is 14.1 Å². The van der Waals surface area contributed by atoms with Crippen molar-refractivity contribution in [3.05, 3.63) is 35.9 Å². The average molecular weight is 324 g/mol. The third kappa shape index (κ3) is 5.10. The number of rotatable bonds is 8. The molecule has 2 amide bonds. The Hall–Kier alpha value is -1.40. The molecule has 1 aliphatic rings. The maximum Gasteiger partial charge on any atom is 0.315 e. The Bertz CT molecular complexity index is 519. The van der Waals surface area contributed by atoms with Gasteiger partial charge in [-0.15, -0.1) is 0 Å². The molecule has 6 heteroatoms. The van der Waals surface area contributed by atoms with Crippen molar-refractivity contribution in [2.75, 3.05) is 18.9 Å². The first-order chi connectivity index (χ1) is 10.5. The minimum absolute atomic E-state index is 0.0645. The Morgan fingerprint density at radius 3 is 2.64 bits per heavy atom. The average Bonchev–Trinajstić information content (AvgIpc) is 3.33. The van der Waals surface area contributed by atoms with Gasteiger partial charge in [0.15, 0.2) is 0 Å². The van der Waals surface area contributed by atoms with E-state index in [-0.39, 0.29) is 12.6 Å². The van der Waals surface area contributed by atoms with Gasteiger partial charge >= 0.3 is 6.03 Å². The van der Waals surface area contributed by atoms with Crippen LogP contribution in [0.5, 0.6) is 0 Å². The number of amides is 2. The number of carbonyl (C=O) groups is 1. The van der Waals surface area contributed by atoms with E-state index in [9.17, 15) is 14.1 Å². The van der Waals surface area contributed by atoms with Gasteiger partial charge in [-0.25, -0.2) is 4.79 Å². The van der Waals surface area contributed by atoms with E-state index in [4.69, 9.17) is 0 Å². The maximum absolute atomic E-state index is 12.0. The normalized spacial score (nSPS) is 18.3. The monoisotopic (exact) mass is 324 g/mol. The molecule has 0 spiro atoms. The molecule has 0 aliphatic heterocycles. The van der Waals surface area contributed by atoms with Crippen molar-refractivity contribution in [2.24, 2.45) is 5.92 Å². The number of hydrogen-bond donors (Lipinski definition) is 3. The van der Waals surface area contributed by atoms with Crippen LogP contribution in [0.2, 0.25) is 0 Å². The molecule has 0 aromatic heterocycles. The van der Waals surface area contributed by atoms with E-state index in [0.29, 0.717) is 24.0 Å². The zero-order chi connectivity index (χ0) is 16.0. The van der Waals surface area contributed by atoms with Crippen LogP contribution in [0.15, 0.2) is 30.3 Å². The number of aliphatic hydroxyl groups is 1. The number of aliphatic hydroxyl groups excluding tert-OH is 1. The lowest BCUT2D eigenvalue weighted by molar-refractivity contribution is 0.155. The number of nitrogens with one attached hydrogen (secondary N) is 2. The summed E-state index contributed by atoms with van der Waals surface area (Å²) in [5.74, 6) is 1.28. The molecular formula is C16H24N2O3S. The highest BCUT2D eigenvalue weighted by atomic mass is 32.2. The van der Waals surface area contributed by atoms with Gasteiger partial charge in [-0.3, -0.25) is 4.21 Å². The lowest BCUT2D eigenvalue weighted by Gasteiger charge is -2.28. The van der Waals surface area contributed by atoms with E-state index >= 15 is 0 Å². The fraction of sp³-hybridized carbons (Fsp3) is 0.562. The first kappa shape index (κ1) is 17.0. The predicted molar refractivity (Wildman–Crippen MR) is 87.9 cm³/mol. The van der Waals surface area contributed by atoms with Crippen LogP contribution in [0.1, 0.15) is 25.3 Å². The molecule has 1 aromatic rings.